The monoisotopic (exact) mass is 403 g/mol. The number of aliphatic hydroxyl groups excluding tert-OH is 1. The summed E-state index contributed by atoms with van der Waals surface area (Å²) in [7, 11) is 0. The smallest absolute Gasteiger partial charge is 0.283 e. The van der Waals surface area contributed by atoms with Gasteiger partial charge < -0.3 is 20.3 Å². The highest BCUT2D eigenvalue weighted by Crippen LogP contribution is 2.53. The van der Waals surface area contributed by atoms with Crippen molar-refractivity contribution in [2.75, 3.05) is 6.61 Å². The minimum atomic E-state index is -0.762. The third-order valence-electron chi connectivity index (χ3n) is 5.96. The van der Waals surface area contributed by atoms with Gasteiger partial charge >= 0.3 is 0 Å². The molecule has 2 aromatic rings. The number of hydrogen-bond acceptors (Lipinski definition) is 6. The Bertz CT molecular complexity index is 985. The van der Waals surface area contributed by atoms with Crippen LogP contribution < -0.4 is 10.5 Å². The number of amidine groups is 1. The maximum Gasteiger partial charge on any atom is 0.283 e. The van der Waals surface area contributed by atoms with Crippen LogP contribution in [0, 0.1) is 11.9 Å². The van der Waals surface area contributed by atoms with E-state index < -0.39 is 17.6 Å². The summed E-state index contributed by atoms with van der Waals surface area (Å²) in [5.41, 5.74) is 6.81. The van der Waals surface area contributed by atoms with Gasteiger partial charge in [-0.15, -0.1) is 0 Å². The van der Waals surface area contributed by atoms with Gasteiger partial charge in [0.25, 0.3) is 6.02 Å². The molecule has 6 nitrogen and oxygen atoms in total. The van der Waals surface area contributed by atoms with Crippen LogP contribution in [-0.4, -0.2) is 34.9 Å². The normalized spacial score (nSPS) is 30.8. The van der Waals surface area contributed by atoms with E-state index in [9.17, 15) is 9.50 Å². The van der Waals surface area contributed by atoms with E-state index in [1.807, 2.05) is 12.1 Å². The molecule has 1 aliphatic carbocycles. The number of aliphatic imine (C=N–C) groups is 1. The van der Waals surface area contributed by atoms with Crippen LogP contribution in [0.2, 0.25) is 5.02 Å². The lowest BCUT2D eigenvalue weighted by atomic mass is 9.67. The fourth-order valence-corrected chi connectivity index (χ4v) is 4.82. The molecule has 5 rings (SSSR count). The lowest BCUT2D eigenvalue weighted by Gasteiger charge is -2.47. The Morgan fingerprint density at radius 3 is 2.93 bits per heavy atom. The van der Waals surface area contributed by atoms with Crippen molar-refractivity contribution in [2.45, 2.75) is 37.0 Å². The molecule has 28 heavy (non-hydrogen) atoms. The average Bonchev–Trinajstić information content (AvgIpc) is 3.07. The molecule has 3 heterocycles. The van der Waals surface area contributed by atoms with Crippen molar-refractivity contribution in [3.8, 4) is 16.9 Å². The molecule has 146 valence electrons. The molecule has 4 atom stereocenters. The van der Waals surface area contributed by atoms with Crippen LogP contribution in [-0.2, 0) is 10.3 Å². The van der Waals surface area contributed by atoms with E-state index in [0.29, 0.717) is 34.7 Å². The van der Waals surface area contributed by atoms with Crippen molar-refractivity contribution >= 4 is 17.6 Å². The van der Waals surface area contributed by atoms with Gasteiger partial charge in [-0.2, -0.15) is 4.39 Å². The predicted octanol–water partition coefficient (Wildman–Crippen LogP) is 3.00. The summed E-state index contributed by atoms with van der Waals surface area (Å²) in [6.45, 7) is 0.267. The summed E-state index contributed by atoms with van der Waals surface area (Å²) in [6.07, 6.45) is 2.73. The highest BCUT2D eigenvalue weighted by Gasteiger charge is 2.55. The molecule has 2 unspecified atom stereocenters. The van der Waals surface area contributed by atoms with Gasteiger partial charge in [-0.25, -0.2) is 9.98 Å². The van der Waals surface area contributed by atoms with E-state index in [-0.39, 0.29) is 24.7 Å². The Morgan fingerprint density at radius 1 is 1.29 bits per heavy atom. The van der Waals surface area contributed by atoms with E-state index in [4.69, 9.17) is 26.8 Å². The van der Waals surface area contributed by atoms with Crippen molar-refractivity contribution in [2.24, 2.45) is 16.6 Å². The first kappa shape index (κ1) is 17.7. The second-order valence-electron chi connectivity index (χ2n) is 7.60. The third kappa shape index (κ3) is 2.64. The molecule has 1 aromatic carbocycles. The van der Waals surface area contributed by atoms with Gasteiger partial charge in [-0.05, 0) is 43.0 Å². The van der Waals surface area contributed by atoms with Crippen molar-refractivity contribution in [3.63, 3.8) is 0 Å². The molecule has 1 aromatic heterocycles. The molecule has 3 aliphatic rings. The molecule has 3 N–H and O–H groups in total. The maximum atomic E-state index is 14.3. The highest BCUT2D eigenvalue weighted by molar-refractivity contribution is 6.30. The maximum absolute atomic E-state index is 14.3. The SMILES string of the molecule is NC1=NC2(CO1)c1cc(-c3cc(Cl)cnc3F)ccc1OC1CC[C@H](O)C[C@@H]12. The zero-order chi connectivity index (χ0) is 19.5. The van der Waals surface area contributed by atoms with Crippen LogP contribution in [0.25, 0.3) is 11.1 Å². The van der Waals surface area contributed by atoms with Gasteiger partial charge in [-0.3, -0.25) is 0 Å². The molecule has 2 aliphatic heterocycles. The van der Waals surface area contributed by atoms with E-state index >= 15 is 0 Å². The van der Waals surface area contributed by atoms with Gasteiger partial charge in [-0.1, -0.05) is 17.7 Å². The van der Waals surface area contributed by atoms with Gasteiger partial charge in [0.15, 0.2) is 0 Å². The number of nitrogens with two attached hydrogens (primary N) is 1. The number of aromatic nitrogens is 1. The largest absolute Gasteiger partial charge is 0.490 e. The molecule has 1 saturated carbocycles. The second-order valence-corrected chi connectivity index (χ2v) is 8.03. The van der Waals surface area contributed by atoms with Crippen LogP contribution >= 0.6 is 11.6 Å². The standard InChI is InChI=1S/C20H19ClFN3O3/c21-11-6-13(18(22)24-8-11)10-1-3-16-14(5-10)20(9-27-19(23)25-20)15-7-12(26)2-4-17(15)28-16/h1,3,5-6,8,12,15,17,26H,2,4,7,9H2,(H2,23,25)/t12-,15-,17?,20?/m0/s1. The van der Waals surface area contributed by atoms with Crippen molar-refractivity contribution in [1.29, 1.82) is 0 Å². The second kappa shape index (κ2) is 6.32. The van der Waals surface area contributed by atoms with Crippen LogP contribution in [0.3, 0.4) is 0 Å². The number of aliphatic hydroxyl groups is 1. The number of halogens is 2. The summed E-state index contributed by atoms with van der Waals surface area (Å²) in [5, 5.41) is 10.6. The summed E-state index contributed by atoms with van der Waals surface area (Å²) in [6, 6.07) is 7.10. The van der Waals surface area contributed by atoms with Gasteiger partial charge in [0.1, 0.15) is 24.0 Å². The number of nitrogens with zero attached hydrogens (tertiary/aromatic N) is 2. The molecular formula is C20H19ClFN3O3. The van der Waals surface area contributed by atoms with Gasteiger partial charge in [0, 0.05) is 23.2 Å². The Morgan fingerprint density at radius 2 is 2.14 bits per heavy atom. The lowest BCUT2D eigenvalue weighted by molar-refractivity contribution is -0.0359. The number of rotatable bonds is 1. The zero-order valence-corrected chi connectivity index (χ0v) is 15.7. The summed E-state index contributed by atoms with van der Waals surface area (Å²) in [4.78, 5) is 8.37. The average molecular weight is 404 g/mol. The first-order valence-electron chi connectivity index (χ1n) is 9.25. The first-order valence-corrected chi connectivity index (χ1v) is 9.63. The number of fused-ring (bicyclic) bond motifs is 4. The van der Waals surface area contributed by atoms with Gasteiger partial charge in [0.2, 0.25) is 5.95 Å². The molecular weight excluding hydrogens is 385 g/mol. The van der Waals surface area contributed by atoms with Crippen LogP contribution in [0.15, 0.2) is 35.5 Å². The first-order chi connectivity index (χ1) is 13.5. The van der Waals surface area contributed by atoms with Crippen molar-refractivity contribution in [3.05, 3.63) is 47.0 Å². The zero-order valence-electron chi connectivity index (χ0n) is 14.9. The molecule has 0 bridgehead atoms. The quantitative estimate of drug-likeness (QED) is 0.714. The highest BCUT2D eigenvalue weighted by atomic mass is 35.5. The van der Waals surface area contributed by atoms with E-state index in [1.165, 1.54) is 12.3 Å². The Hall–Kier alpha value is -2.38. The number of pyridine rings is 1. The van der Waals surface area contributed by atoms with Crippen LogP contribution in [0.1, 0.15) is 24.8 Å². The fraction of sp³-hybridized carbons (Fsp3) is 0.400. The number of benzene rings is 1. The Balaban J connectivity index is 1.68. The van der Waals surface area contributed by atoms with Crippen molar-refractivity contribution in [1.82, 2.24) is 4.98 Å². The van der Waals surface area contributed by atoms with Crippen LogP contribution in [0.5, 0.6) is 5.75 Å². The third-order valence-corrected chi connectivity index (χ3v) is 6.17. The summed E-state index contributed by atoms with van der Waals surface area (Å²) >= 11 is 6.02. The van der Waals surface area contributed by atoms with Crippen LogP contribution in [0.4, 0.5) is 4.39 Å². The summed E-state index contributed by atoms with van der Waals surface area (Å²) in [5.74, 6) is -0.00648. The minimum Gasteiger partial charge on any atom is -0.490 e. The Labute approximate surface area is 166 Å². The predicted molar refractivity (Wildman–Crippen MR) is 102 cm³/mol. The molecule has 0 saturated heterocycles. The van der Waals surface area contributed by atoms with E-state index in [2.05, 4.69) is 9.98 Å². The molecule has 1 spiro atoms. The van der Waals surface area contributed by atoms with E-state index in [0.717, 1.165) is 12.0 Å². The van der Waals surface area contributed by atoms with Gasteiger partial charge in [0.05, 0.1) is 11.1 Å². The molecule has 1 fully saturated rings. The lowest BCUT2D eigenvalue weighted by Crippen LogP contribution is -2.51. The molecule has 0 radical (unpaired) electrons. The fourth-order valence-electron chi connectivity index (χ4n) is 4.66. The topological polar surface area (TPSA) is 90.0 Å². The molecule has 8 heteroatoms. The van der Waals surface area contributed by atoms with Crippen molar-refractivity contribution < 1.29 is 19.0 Å². The van der Waals surface area contributed by atoms with E-state index in [1.54, 1.807) is 6.07 Å². The minimum absolute atomic E-state index is 0.0791. The molecule has 0 amide bonds. The Kier molecular flexibility index (Phi) is 4.00. The number of hydrogen-bond donors (Lipinski definition) is 2. The number of ether oxygens (including phenoxy) is 2. The summed E-state index contributed by atoms with van der Waals surface area (Å²) < 4.78 is 26.1.